The first kappa shape index (κ1) is 19.0. The van der Waals surface area contributed by atoms with E-state index in [-0.39, 0.29) is 0 Å². The number of rotatable bonds is 3. The Bertz CT molecular complexity index is 949. The van der Waals surface area contributed by atoms with Gasteiger partial charge in [0.25, 0.3) is 0 Å². The molecule has 0 aliphatic heterocycles. The summed E-state index contributed by atoms with van der Waals surface area (Å²) >= 11 is 0. The van der Waals surface area contributed by atoms with Crippen molar-refractivity contribution >= 4 is 0 Å². The fourth-order valence-corrected chi connectivity index (χ4v) is 8.12. The number of pyridine rings is 2. The molecule has 6 aliphatic rings. The minimum absolute atomic E-state index is 0.434. The van der Waals surface area contributed by atoms with Crippen LogP contribution in [0.25, 0.3) is 11.4 Å². The zero-order chi connectivity index (χ0) is 21.0. The highest BCUT2D eigenvalue weighted by atomic mass is 14.8. The molecule has 6 aliphatic carbocycles. The third-order valence-electron chi connectivity index (χ3n) is 10.2. The van der Waals surface area contributed by atoms with Gasteiger partial charge in [0.15, 0.2) is 0 Å². The van der Waals surface area contributed by atoms with Crippen molar-refractivity contribution in [1.29, 1.82) is 0 Å². The molecule has 2 aromatic heterocycles. The SMILES string of the molecule is CCC1c2nc(-c3ccc4c(n3)C(CC)[C@H]3C[C@@H]4C3(C)C)ccc2[C@@H]2C[C@H]1C2(C)C. The van der Waals surface area contributed by atoms with Crippen LogP contribution in [0.1, 0.15) is 113 Å². The van der Waals surface area contributed by atoms with Gasteiger partial charge >= 0.3 is 0 Å². The molecule has 2 fully saturated rings. The van der Waals surface area contributed by atoms with Gasteiger partial charge in [0.1, 0.15) is 0 Å². The van der Waals surface area contributed by atoms with Crippen LogP contribution in [0.5, 0.6) is 0 Å². The lowest BCUT2D eigenvalue weighted by molar-refractivity contribution is -0.00873. The lowest BCUT2D eigenvalue weighted by Gasteiger charge is -2.60. The second-order valence-electron chi connectivity index (χ2n) is 11.8. The van der Waals surface area contributed by atoms with Gasteiger partial charge in [-0.15, -0.1) is 0 Å². The van der Waals surface area contributed by atoms with Crippen LogP contribution >= 0.6 is 0 Å². The molecule has 158 valence electrons. The lowest BCUT2D eigenvalue weighted by atomic mass is 9.44. The summed E-state index contributed by atoms with van der Waals surface area (Å²) in [4.78, 5) is 10.6. The molecule has 0 N–H and O–H groups in total. The zero-order valence-corrected chi connectivity index (χ0v) is 19.5. The first-order valence-corrected chi connectivity index (χ1v) is 12.3. The Kier molecular flexibility index (Phi) is 3.78. The van der Waals surface area contributed by atoms with E-state index >= 15 is 0 Å². The Morgan fingerprint density at radius 3 is 1.43 bits per heavy atom. The fourth-order valence-electron chi connectivity index (χ4n) is 8.12. The van der Waals surface area contributed by atoms with Crippen LogP contribution in [0.15, 0.2) is 24.3 Å². The molecule has 2 saturated carbocycles. The summed E-state index contributed by atoms with van der Waals surface area (Å²) in [6, 6.07) is 9.29. The summed E-state index contributed by atoms with van der Waals surface area (Å²) in [5.74, 6) is 4.18. The first-order valence-electron chi connectivity index (χ1n) is 12.3. The number of hydrogen-bond donors (Lipinski definition) is 0. The molecule has 2 nitrogen and oxygen atoms in total. The molecule has 0 spiro atoms. The van der Waals surface area contributed by atoms with Gasteiger partial charge < -0.3 is 0 Å². The molecule has 4 bridgehead atoms. The monoisotopic (exact) mass is 400 g/mol. The number of aromatic nitrogens is 2. The van der Waals surface area contributed by atoms with Crippen molar-refractivity contribution in [2.75, 3.05) is 0 Å². The Hall–Kier alpha value is -1.70. The molecule has 6 atom stereocenters. The smallest absolute Gasteiger partial charge is 0.0889 e. The summed E-state index contributed by atoms with van der Waals surface area (Å²) in [5, 5.41) is 0. The predicted octanol–water partition coefficient (Wildman–Crippen LogP) is 7.42. The van der Waals surface area contributed by atoms with Gasteiger partial charge in [-0.3, -0.25) is 9.97 Å². The summed E-state index contributed by atoms with van der Waals surface area (Å²) < 4.78 is 0. The summed E-state index contributed by atoms with van der Waals surface area (Å²) in [7, 11) is 0. The minimum Gasteiger partial charge on any atom is -0.251 e. The number of hydrogen-bond acceptors (Lipinski definition) is 2. The van der Waals surface area contributed by atoms with E-state index in [1.54, 1.807) is 0 Å². The largest absolute Gasteiger partial charge is 0.251 e. The average Bonchev–Trinajstić information content (AvgIpc) is 2.75. The van der Waals surface area contributed by atoms with E-state index in [2.05, 4.69) is 65.8 Å². The summed E-state index contributed by atoms with van der Waals surface area (Å²) in [6.07, 6.45) is 5.09. The van der Waals surface area contributed by atoms with Crippen molar-refractivity contribution in [3.05, 3.63) is 46.8 Å². The first-order chi connectivity index (χ1) is 14.3. The second-order valence-corrected chi connectivity index (χ2v) is 11.8. The average molecular weight is 401 g/mol. The van der Waals surface area contributed by atoms with Gasteiger partial charge in [-0.2, -0.15) is 0 Å². The lowest BCUT2D eigenvalue weighted by Crippen LogP contribution is -2.50. The van der Waals surface area contributed by atoms with Crippen LogP contribution in [0.4, 0.5) is 0 Å². The van der Waals surface area contributed by atoms with E-state index in [0.717, 1.165) is 23.2 Å². The Balaban J connectivity index is 1.42. The van der Waals surface area contributed by atoms with E-state index in [1.165, 1.54) is 48.2 Å². The van der Waals surface area contributed by atoms with E-state index in [0.29, 0.717) is 34.5 Å². The minimum atomic E-state index is 0.434. The zero-order valence-electron chi connectivity index (χ0n) is 19.5. The van der Waals surface area contributed by atoms with Gasteiger partial charge in [-0.1, -0.05) is 53.7 Å². The normalized spacial score (nSPS) is 36.2. The van der Waals surface area contributed by atoms with Crippen molar-refractivity contribution in [2.45, 2.75) is 90.9 Å². The van der Waals surface area contributed by atoms with Crippen LogP contribution in [0.2, 0.25) is 0 Å². The van der Waals surface area contributed by atoms with Crippen LogP contribution in [-0.2, 0) is 0 Å². The summed E-state index contributed by atoms with van der Waals surface area (Å²) in [5.41, 5.74) is 8.84. The van der Waals surface area contributed by atoms with Gasteiger partial charge in [0.2, 0.25) is 0 Å². The van der Waals surface area contributed by atoms with Gasteiger partial charge in [0, 0.05) is 23.2 Å². The molecular formula is C28H36N2. The fraction of sp³-hybridized carbons (Fsp3) is 0.643. The standard InChI is InChI=1S/C28H36N2/c1-7-15-19-13-21(27(19,3)4)17-9-11-23(29-25(15)17)24-12-10-18-22-14-20(28(22,5)6)16(8-2)26(18)30-24/h9-12,15-16,19-22H,7-8,13-14H2,1-6H3/t15?,16?,19-,20-,21+,22+/m1/s1. The van der Waals surface area contributed by atoms with Crippen LogP contribution < -0.4 is 0 Å². The molecule has 0 amide bonds. The molecule has 2 heteroatoms. The van der Waals surface area contributed by atoms with Crippen molar-refractivity contribution in [3.63, 3.8) is 0 Å². The Morgan fingerprint density at radius 1 is 0.700 bits per heavy atom. The van der Waals surface area contributed by atoms with E-state index in [9.17, 15) is 0 Å². The maximum atomic E-state index is 5.28. The molecule has 2 unspecified atom stereocenters. The molecule has 2 aromatic rings. The third-order valence-corrected chi connectivity index (χ3v) is 10.2. The molecule has 2 heterocycles. The van der Waals surface area contributed by atoms with Crippen molar-refractivity contribution in [3.8, 4) is 11.4 Å². The maximum Gasteiger partial charge on any atom is 0.0889 e. The highest BCUT2D eigenvalue weighted by Crippen LogP contribution is 2.68. The highest BCUT2D eigenvalue weighted by molar-refractivity contribution is 5.59. The van der Waals surface area contributed by atoms with Gasteiger partial charge in [-0.25, -0.2) is 0 Å². The topological polar surface area (TPSA) is 25.8 Å². The molecule has 0 radical (unpaired) electrons. The highest BCUT2D eigenvalue weighted by Gasteiger charge is 2.58. The molecule has 30 heavy (non-hydrogen) atoms. The van der Waals surface area contributed by atoms with Crippen molar-refractivity contribution < 1.29 is 0 Å². The van der Waals surface area contributed by atoms with Crippen LogP contribution in [-0.4, -0.2) is 9.97 Å². The molecular weight excluding hydrogens is 364 g/mol. The van der Waals surface area contributed by atoms with Gasteiger partial charge in [0.05, 0.1) is 11.4 Å². The van der Waals surface area contributed by atoms with Crippen LogP contribution in [0.3, 0.4) is 0 Å². The molecule has 0 saturated heterocycles. The number of nitrogens with zero attached hydrogens (tertiary/aromatic N) is 2. The van der Waals surface area contributed by atoms with E-state index in [4.69, 9.17) is 9.97 Å². The Labute approximate surface area is 181 Å². The van der Waals surface area contributed by atoms with Crippen molar-refractivity contribution in [1.82, 2.24) is 9.97 Å². The predicted molar refractivity (Wildman–Crippen MR) is 123 cm³/mol. The second kappa shape index (κ2) is 5.96. The summed E-state index contributed by atoms with van der Waals surface area (Å²) in [6.45, 7) is 14.5. The quantitative estimate of drug-likeness (QED) is 0.536. The van der Waals surface area contributed by atoms with Crippen molar-refractivity contribution in [2.24, 2.45) is 22.7 Å². The molecule has 8 rings (SSSR count). The maximum absolute atomic E-state index is 5.28. The van der Waals surface area contributed by atoms with Gasteiger partial charge in [-0.05, 0) is 83.4 Å². The van der Waals surface area contributed by atoms with E-state index < -0.39 is 0 Å². The van der Waals surface area contributed by atoms with E-state index in [1.807, 2.05) is 0 Å². The van der Waals surface area contributed by atoms with Crippen LogP contribution in [0, 0.1) is 22.7 Å². The Morgan fingerprint density at radius 2 is 1.10 bits per heavy atom. The molecule has 0 aromatic carbocycles. The third kappa shape index (κ3) is 2.16.